The Morgan fingerprint density at radius 1 is 1.10 bits per heavy atom. The van der Waals surface area contributed by atoms with Gasteiger partial charge in [0, 0.05) is 12.1 Å². The van der Waals surface area contributed by atoms with Gasteiger partial charge in [-0.3, -0.25) is 4.90 Å². The highest BCUT2D eigenvalue weighted by molar-refractivity contribution is 5.54. The number of nitrogens with zero attached hydrogens (tertiary/aromatic N) is 1. The Balaban J connectivity index is 2.45. The van der Waals surface area contributed by atoms with Gasteiger partial charge in [-0.15, -0.1) is 0 Å². The first-order valence-electron chi connectivity index (χ1n) is 6.88. The van der Waals surface area contributed by atoms with Crippen LogP contribution in [0, 0.1) is 0 Å². The van der Waals surface area contributed by atoms with Crippen molar-refractivity contribution in [3.05, 3.63) is 17.7 Å². The Morgan fingerprint density at radius 2 is 1.70 bits per heavy atom. The number of benzene rings is 1. The summed E-state index contributed by atoms with van der Waals surface area (Å²) >= 11 is 0. The van der Waals surface area contributed by atoms with Crippen molar-refractivity contribution < 1.29 is 14.2 Å². The number of likely N-dealkylation sites (N-methyl/N-ethyl adjacent to an activating group) is 1. The van der Waals surface area contributed by atoms with Crippen molar-refractivity contribution in [2.24, 2.45) is 5.73 Å². The van der Waals surface area contributed by atoms with Crippen LogP contribution in [0.3, 0.4) is 0 Å². The van der Waals surface area contributed by atoms with Crippen LogP contribution in [0.2, 0.25) is 0 Å². The van der Waals surface area contributed by atoms with Crippen molar-refractivity contribution in [2.45, 2.75) is 24.9 Å². The molecule has 1 aromatic carbocycles. The quantitative estimate of drug-likeness (QED) is 0.911. The van der Waals surface area contributed by atoms with Gasteiger partial charge < -0.3 is 19.9 Å². The smallest absolute Gasteiger partial charge is 0.203 e. The predicted octanol–water partition coefficient (Wildman–Crippen LogP) is 1.81. The largest absolute Gasteiger partial charge is 0.493 e. The zero-order chi connectivity index (χ0) is 14.7. The normalized spacial score (nSPS) is 23.4. The third-order valence-corrected chi connectivity index (χ3v) is 3.96. The Kier molecular flexibility index (Phi) is 4.73. The molecule has 0 aliphatic carbocycles. The molecule has 0 aromatic heterocycles. The number of methoxy groups -OCH3 is 3. The second-order valence-corrected chi connectivity index (χ2v) is 5.19. The van der Waals surface area contributed by atoms with E-state index in [0.717, 1.165) is 24.9 Å². The van der Waals surface area contributed by atoms with Crippen LogP contribution in [0.15, 0.2) is 12.1 Å². The second-order valence-electron chi connectivity index (χ2n) is 5.19. The summed E-state index contributed by atoms with van der Waals surface area (Å²) in [5.74, 6) is 1.96. The number of hydrogen-bond donors (Lipinski definition) is 1. The van der Waals surface area contributed by atoms with E-state index in [4.69, 9.17) is 19.9 Å². The molecule has 2 N–H and O–H groups in total. The number of rotatable bonds is 4. The monoisotopic (exact) mass is 280 g/mol. The van der Waals surface area contributed by atoms with Gasteiger partial charge in [-0.25, -0.2) is 0 Å². The minimum Gasteiger partial charge on any atom is -0.493 e. The number of hydrogen-bond acceptors (Lipinski definition) is 5. The summed E-state index contributed by atoms with van der Waals surface area (Å²) in [4.78, 5) is 2.29. The summed E-state index contributed by atoms with van der Waals surface area (Å²) in [5.41, 5.74) is 7.41. The van der Waals surface area contributed by atoms with Crippen LogP contribution in [0.1, 0.15) is 24.4 Å². The van der Waals surface area contributed by atoms with E-state index in [2.05, 4.69) is 11.9 Å². The van der Waals surface area contributed by atoms with Crippen molar-refractivity contribution in [1.29, 1.82) is 0 Å². The number of ether oxygens (including phenoxy) is 3. The molecule has 0 radical (unpaired) electrons. The zero-order valence-electron chi connectivity index (χ0n) is 12.7. The van der Waals surface area contributed by atoms with Gasteiger partial charge in [0.1, 0.15) is 0 Å². The van der Waals surface area contributed by atoms with Crippen LogP contribution >= 0.6 is 0 Å². The van der Waals surface area contributed by atoms with Gasteiger partial charge >= 0.3 is 0 Å². The molecule has 2 unspecified atom stereocenters. The van der Waals surface area contributed by atoms with Crippen LogP contribution in [0.4, 0.5) is 0 Å². The lowest BCUT2D eigenvalue weighted by atomic mass is 9.91. The van der Waals surface area contributed by atoms with Gasteiger partial charge in [0.05, 0.1) is 21.3 Å². The molecule has 0 saturated carbocycles. The van der Waals surface area contributed by atoms with Crippen molar-refractivity contribution in [3.8, 4) is 17.2 Å². The molecule has 1 saturated heterocycles. The molecule has 0 spiro atoms. The van der Waals surface area contributed by atoms with Crippen LogP contribution in [-0.4, -0.2) is 45.9 Å². The zero-order valence-corrected chi connectivity index (χ0v) is 12.7. The maximum absolute atomic E-state index is 6.30. The SMILES string of the molecule is COc1cc(C2C(N)CCCN2C)cc(OC)c1OC. The molecule has 2 atom stereocenters. The van der Waals surface area contributed by atoms with E-state index in [1.807, 2.05) is 12.1 Å². The molecule has 2 rings (SSSR count). The summed E-state index contributed by atoms with van der Waals surface area (Å²) in [7, 11) is 6.97. The molecular formula is C15H24N2O3. The molecule has 1 fully saturated rings. The summed E-state index contributed by atoms with van der Waals surface area (Å²) in [6.45, 7) is 1.05. The van der Waals surface area contributed by atoms with Gasteiger partial charge in [-0.05, 0) is 44.1 Å². The summed E-state index contributed by atoms with van der Waals surface area (Å²) in [6.07, 6.45) is 2.17. The van der Waals surface area contributed by atoms with Crippen LogP contribution < -0.4 is 19.9 Å². The minimum atomic E-state index is 0.122. The highest BCUT2D eigenvalue weighted by Crippen LogP contribution is 2.41. The van der Waals surface area contributed by atoms with E-state index in [9.17, 15) is 0 Å². The maximum Gasteiger partial charge on any atom is 0.203 e. The summed E-state index contributed by atoms with van der Waals surface area (Å²) in [5, 5.41) is 0. The van der Waals surface area contributed by atoms with Crippen molar-refractivity contribution in [1.82, 2.24) is 4.90 Å². The molecule has 5 nitrogen and oxygen atoms in total. The number of nitrogens with two attached hydrogens (primary N) is 1. The van der Waals surface area contributed by atoms with Crippen LogP contribution in [-0.2, 0) is 0 Å². The third-order valence-electron chi connectivity index (χ3n) is 3.96. The Hall–Kier alpha value is -1.46. The molecule has 5 heteroatoms. The van der Waals surface area contributed by atoms with E-state index < -0.39 is 0 Å². The standard InChI is InChI=1S/C15H24N2O3/c1-17-7-5-6-11(16)14(17)10-8-12(18-2)15(20-4)13(9-10)19-3/h8-9,11,14H,5-7,16H2,1-4H3. The van der Waals surface area contributed by atoms with Gasteiger partial charge in [0.15, 0.2) is 11.5 Å². The Morgan fingerprint density at radius 3 is 2.15 bits per heavy atom. The fourth-order valence-corrected chi connectivity index (χ4v) is 2.97. The topological polar surface area (TPSA) is 57.0 Å². The molecule has 0 amide bonds. The lowest BCUT2D eigenvalue weighted by Crippen LogP contribution is -2.43. The van der Waals surface area contributed by atoms with E-state index in [1.54, 1.807) is 21.3 Å². The molecule has 1 aromatic rings. The van der Waals surface area contributed by atoms with Gasteiger partial charge in [0.25, 0.3) is 0 Å². The van der Waals surface area contributed by atoms with Crippen molar-refractivity contribution in [2.75, 3.05) is 34.9 Å². The van der Waals surface area contributed by atoms with Gasteiger partial charge in [0.2, 0.25) is 5.75 Å². The third kappa shape index (κ3) is 2.69. The molecule has 20 heavy (non-hydrogen) atoms. The number of piperidine rings is 1. The van der Waals surface area contributed by atoms with E-state index >= 15 is 0 Å². The lowest BCUT2D eigenvalue weighted by Gasteiger charge is -2.38. The van der Waals surface area contributed by atoms with Crippen molar-refractivity contribution >= 4 is 0 Å². The fraction of sp³-hybridized carbons (Fsp3) is 0.600. The first-order valence-corrected chi connectivity index (χ1v) is 6.88. The Labute approximate surface area is 120 Å². The molecule has 1 aliphatic heterocycles. The molecule has 1 heterocycles. The van der Waals surface area contributed by atoms with Gasteiger partial charge in [-0.1, -0.05) is 0 Å². The first-order chi connectivity index (χ1) is 9.62. The highest BCUT2D eigenvalue weighted by atomic mass is 16.5. The highest BCUT2D eigenvalue weighted by Gasteiger charge is 2.29. The molecule has 1 aliphatic rings. The lowest BCUT2D eigenvalue weighted by molar-refractivity contribution is 0.162. The van der Waals surface area contributed by atoms with E-state index in [0.29, 0.717) is 17.2 Å². The van der Waals surface area contributed by atoms with E-state index in [-0.39, 0.29) is 12.1 Å². The first kappa shape index (κ1) is 14.9. The average Bonchev–Trinajstić information content (AvgIpc) is 2.45. The minimum absolute atomic E-state index is 0.122. The molecule has 0 bridgehead atoms. The average molecular weight is 280 g/mol. The predicted molar refractivity (Wildman–Crippen MR) is 78.7 cm³/mol. The summed E-state index contributed by atoms with van der Waals surface area (Å²) in [6, 6.07) is 4.29. The van der Waals surface area contributed by atoms with Gasteiger partial charge in [-0.2, -0.15) is 0 Å². The Bertz CT molecular complexity index is 429. The number of likely N-dealkylation sites (tertiary alicyclic amines) is 1. The summed E-state index contributed by atoms with van der Waals surface area (Å²) < 4.78 is 16.2. The van der Waals surface area contributed by atoms with Crippen LogP contribution in [0.5, 0.6) is 17.2 Å². The second kappa shape index (κ2) is 6.33. The molecular weight excluding hydrogens is 256 g/mol. The van der Waals surface area contributed by atoms with E-state index in [1.165, 1.54) is 0 Å². The van der Waals surface area contributed by atoms with Crippen LogP contribution in [0.25, 0.3) is 0 Å². The fourth-order valence-electron chi connectivity index (χ4n) is 2.97. The molecule has 112 valence electrons. The maximum atomic E-state index is 6.30. The van der Waals surface area contributed by atoms with Crippen molar-refractivity contribution in [3.63, 3.8) is 0 Å².